The molecule has 2 aromatic heterocycles. The van der Waals surface area contributed by atoms with Gasteiger partial charge in [0, 0.05) is 23.5 Å². The molecule has 4 aromatic rings. The standard InChI is InChI=1S/C26H19FN4O3/c1-16-8-10-19(27)13-20(16)24(32)30-23-11-9-17(14-29-23)26(33)31-15-18-5-4-12-28-25(18)34-22-7-3-2-6-21(22)31/h2-14H,15H2,1H3,(H,29,30,32). The summed E-state index contributed by atoms with van der Waals surface area (Å²) in [6.07, 6.45) is 3.04. The predicted octanol–water partition coefficient (Wildman–Crippen LogP) is 5.13. The molecule has 0 saturated carbocycles. The first-order valence-electron chi connectivity index (χ1n) is 10.6. The lowest BCUT2D eigenvalue weighted by Crippen LogP contribution is -2.30. The van der Waals surface area contributed by atoms with Crippen LogP contribution in [-0.2, 0) is 6.54 Å². The lowest BCUT2D eigenvalue weighted by atomic mass is 10.1. The fourth-order valence-electron chi connectivity index (χ4n) is 3.72. The van der Waals surface area contributed by atoms with E-state index in [-0.39, 0.29) is 23.8 Å². The number of pyridine rings is 2. The first kappa shape index (κ1) is 21.3. The smallest absolute Gasteiger partial charge is 0.260 e. The third-order valence-corrected chi connectivity index (χ3v) is 5.48. The molecule has 1 aliphatic rings. The van der Waals surface area contributed by atoms with Crippen LogP contribution in [0.5, 0.6) is 11.6 Å². The van der Waals surface area contributed by atoms with Crippen LogP contribution in [0.4, 0.5) is 15.9 Å². The molecular weight excluding hydrogens is 435 g/mol. The van der Waals surface area contributed by atoms with Gasteiger partial charge in [0.15, 0.2) is 5.75 Å². The Labute approximate surface area is 194 Å². The lowest BCUT2D eigenvalue weighted by Gasteiger charge is -2.22. The van der Waals surface area contributed by atoms with E-state index in [4.69, 9.17) is 4.74 Å². The summed E-state index contributed by atoms with van der Waals surface area (Å²) in [6.45, 7) is 2.00. The van der Waals surface area contributed by atoms with Gasteiger partial charge in [0.25, 0.3) is 11.8 Å². The molecule has 1 aliphatic heterocycles. The van der Waals surface area contributed by atoms with Gasteiger partial charge in [-0.25, -0.2) is 14.4 Å². The molecule has 0 fully saturated rings. The molecule has 1 N–H and O–H groups in total. The highest BCUT2D eigenvalue weighted by Gasteiger charge is 2.26. The average molecular weight is 454 g/mol. The van der Waals surface area contributed by atoms with Crippen molar-refractivity contribution in [1.82, 2.24) is 9.97 Å². The molecular formula is C26H19FN4O3. The number of nitrogens with one attached hydrogen (secondary N) is 1. The molecule has 2 amide bonds. The van der Waals surface area contributed by atoms with Crippen LogP contribution in [0.25, 0.3) is 0 Å². The number of carbonyl (C=O) groups is 2. The monoisotopic (exact) mass is 454 g/mol. The summed E-state index contributed by atoms with van der Waals surface area (Å²) in [7, 11) is 0. The van der Waals surface area contributed by atoms with E-state index in [0.717, 1.165) is 5.56 Å². The molecule has 5 rings (SSSR count). The van der Waals surface area contributed by atoms with Crippen molar-refractivity contribution in [1.29, 1.82) is 0 Å². The van der Waals surface area contributed by atoms with E-state index in [0.29, 0.717) is 28.4 Å². The molecule has 3 heterocycles. The zero-order valence-corrected chi connectivity index (χ0v) is 18.2. The highest BCUT2D eigenvalue weighted by Crippen LogP contribution is 2.38. The quantitative estimate of drug-likeness (QED) is 0.464. The van der Waals surface area contributed by atoms with Crippen LogP contribution in [0, 0.1) is 12.7 Å². The average Bonchev–Trinajstić information content (AvgIpc) is 3.02. The molecule has 0 bridgehead atoms. The first-order valence-corrected chi connectivity index (χ1v) is 10.6. The third-order valence-electron chi connectivity index (χ3n) is 5.48. The number of rotatable bonds is 3. The minimum Gasteiger partial charge on any atom is -0.436 e. The zero-order valence-electron chi connectivity index (χ0n) is 18.2. The number of hydrogen-bond donors (Lipinski definition) is 1. The van der Waals surface area contributed by atoms with Crippen LogP contribution in [0.1, 0.15) is 31.8 Å². The maximum atomic E-state index is 13.5. The van der Waals surface area contributed by atoms with Crippen LogP contribution in [-0.4, -0.2) is 21.8 Å². The predicted molar refractivity (Wildman–Crippen MR) is 125 cm³/mol. The topological polar surface area (TPSA) is 84.4 Å². The van der Waals surface area contributed by atoms with Crippen LogP contribution < -0.4 is 15.0 Å². The maximum Gasteiger partial charge on any atom is 0.260 e. The minimum atomic E-state index is -0.497. The molecule has 0 radical (unpaired) electrons. The largest absolute Gasteiger partial charge is 0.436 e. The fourth-order valence-corrected chi connectivity index (χ4v) is 3.72. The van der Waals surface area contributed by atoms with Gasteiger partial charge in [0.05, 0.1) is 17.8 Å². The van der Waals surface area contributed by atoms with Crippen LogP contribution in [0.15, 0.2) is 79.1 Å². The molecule has 0 aliphatic carbocycles. The number of benzene rings is 2. The Morgan fingerprint density at radius 1 is 1.03 bits per heavy atom. The highest BCUT2D eigenvalue weighted by atomic mass is 19.1. The lowest BCUT2D eigenvalue weighted by molar-refractivity contribution is 0.0984. The van der Waals surface area contributed by atoms with Crippen molar-refractivity contribution in [3.8, 4) is 11.6 Å². The van der Waals surface area contributed by atoms with Crippen LogP contribution in [0.2, 0.25) is 0 Å². The van der Waals surface area contributed by atoms with Gasteiger partial charge in [-0.3, -0.25) is 9.59 Å². The van der Waals surface area contributed by atoms with Gasteiger partial charge in [0.2, 0.25) is 5.88 Å². The van der Waals surface area contributed by atoms with Gasteiger partial charge in [-0.15, -0.1) is 0 Å². The SMILES string of the molecule is Cc1ccc(F)cc1C(=O)Nc1ccc(C(=O)N2Cc3cccnc3Oc3ccccc32)cn1. The normalized spacial score (nSPS) is 12.1. The number of fused-ring (bicyclic) bond motifs is 2. The third kappa shape index (κ3) is 4.09. The Kier molecular flexibility index (Phi) is 5.47. The van der Waals surface area contributed by atoms with Crippen molar-refractivity contribution in [2.75, 3.05) is 10.2 Å². The van der Waals surface area contributed by atoms with Crippen molar-refractivity contribution in [2.24, 2.45) is 0 Å². The van der Waals surface area contributed by atoms with E-state index >= 15 is 0 Å². The molecule has 0 saturated heterocycles. The maximum absolute atomic E-state index is 13.5. The van der Waals surface area contributed by atoms with Gasteiger partial charge in [-0.05, 0) is 55.0 Å². The Hall–Kier alpha value is -4.59. The fraction of sp³-hybridized carbons (Fsp3) is 0.0769. The number of aryl methyl sites for hydroxylation is 1. The van der Waals surface area contributed by atoms with E-state index < -0.39 is 11.7 Å². The molecule has 34 heavy (non-hydrogen) atoms. The number of nitrogens with zero attached hydrogens (tertiary/aromatic N) is 3. The Balaban J connectivity index is 1.40. The van der Waals surface area contributed by atoms with E-state index in [1.165, 1.54) is 30.5 Å². The van der Waals surface area contributed by atoms with Gasteiger partial charge in [-0.1, -0.05) is 24.3 Å². The van der Waals surface area contributed by atoms with Crippen molar-refractivity contribution in [2.45, 2.75) is 13.5 Å². The molecule has 0 unspecified atom stereocenters. The second-order valence-corrected chi connectivity index (χ2v) is 7.77. The number of anilines is 2. The summed E-state index contributed by atoms with van der Waals surface area (Å²) < 4.78 is 19.5. The van der Waals surface area contributed by atoms with E-state index in [1.807, 2.05) is 24.3 Å². The van der Waals surface area contributed by atoms with Gasteiger partial charge in [0.1, 0.15) is 11.6 Å². The molecule has 7 nitrogen and oxygen atoms in total. The number of halogens is 1. The number of hydrogen-bond acceptors (Lipinski definition) is 5. The number of ether oxygens (including phenoxy) is 1. The van der Waals surface area contributed by atoms with Crippen molar-refractivity contribution in [3.05, 3.63) is 107 Å². The van der Waals surface area contributed by atoms with E-state index in [9.17, 15) is 14.0 Å². The van der Waals surface area contributed by atoms with E-state index in [2.05, 4.69) is 15.3 Å². The number of amides is 2. The Morgan fingerprint density at radius 3 is 2.71 bits per heavy atom. The first-order chi connectivity index (χ1) is 16.5. The van der Waals surface area contributed by atoms with Crippen molar-refractivity contribution in [3.63, 3.8) is 0 Å². The van der Waals surface area contributed by atoms with Gasteiger partial charge < -0.3 is 15.0 Å². The van der Waals surface area contributed by atoms with Crippen molar-refractivity contribution < 1.29 is 18.7 Å². The van der Waals surface area contributed by atoms with Gasteiger partial charge in [-0.2, -0.15) is 0 Å². The zero-order chi connectivity index (χ0) is 23.7. The highest BCUT2D eigenvalue weighted by molar-refractivity contribution is 6.07. The van der Waals surface area contributed by atoms with Crippen molar-refractivity contribution >= 4 is 23.3 Å². The Bertz CT molecular complexity index is 1410. The summed E-state index contributed by atoms with van der Waals surface area (Å²) >= 11 is 0. The minimum absolute atomic E-state index is 0.218. The molecule has 168 valence electrons. The molecule has 8 heteroatoms. The van der Waals surface area contributed by atoms with Crippen LogP contribution >= 0.6 is 0 Å². The molecule has 0 spiro atoms. The summed E-state index contributed by atoms with van der Waals surface area (Å²) in [5, 5.41) is 2.64. The number of para-hydroxylation sites is 2. The van der Waals surface area contributed by atoms with Crippen LogP contribution in [0.3, 0.4) is 0 Å². The number of aromatic nitrogens is 2. The second-order valence-electron chi connectivity index (χ2n) is 7.77. The van der Waals surface area contributed by atoms with Gasteiger partial charge >= 0.3 is 0 Å². The summed E-state index contributed by atoms with van der Waals surface area (Å²) in [4.78, 5) is 36.1. The summed E-state index contributed by atoms with van der Waals surface area (Å²) in [6, 6.07) is 18.0. The Morgan fingerprint density at radius 2 is 1.88 bits per heavy atom. The number of carbonyl (C=O) groups excluding carboxylic acids is 2. The second kappa shape index (κ2) is 8.74. The summed E-state index contributed by atoms with van der Waals surface area (Å²) in [5.41, 5.74) is 2.58. The summed E-state index contributed by atoms with van der Waals surface area (Å²) in [5.74, 6) is -0.0300. The van der Waals surface area contributed by atoms with E-state index in [1.54, 1.807) is 36.2 Å². The molecule has 2 aromatic carbocycles. The molecule has 0 atom stereocenters.